The van der Waals surface area contributed by atoms with Crippen molar-refractivity contribution >= 4 is 53.2 Å². The molecule has 1 aromatic carbocycles. The van der Waals surface area contributed by atoms with Crippen LogP contribution in [0.1, 0.15) is 12.0 Å². The van der Waals surface area contributed by atoms with Gasteiger partial charge in [0, 0.05) is 29.3 Å². The summed E-state index contributed by atoms with van der Waals surface area (Å²) in [5, 5.41) is 34.8. The molecule has 4 atom stereocenters. The predicted molar refractivity (Wildman–Crippen MR) is 127 cm³/mol. The number of aromatic nitrogens is 1. The Hall–Kier alpha value is -3.62. The van der Waals surface area contributed by atoms with Gasteiger partial charge in [0.05, 0.1) is 19.1 Å². The molecule has 14 heteroatoms. The van der Waals surface area contributed by atoms with Gasteiger partial charge in [0.1, 0.15) is 18.1 Å². The summed E-state index contributed by atoms with van der Waals surface area (Å²) < 4.78 is 0. The lowest BCUT2D eigenvalue weighted by molar-refractivity contribution is -0.144. The minimum atomic E-state index is -1.70. The number of aliphatic hydroxyl groups excluding tert-OH is 1. The second-order valence-corrected chi connectivity index (χ2v) is 8.02. The van der Waals surface area contributed by atoms with Gasteiger partial charge in [-0.25, -0.2) is 4.79 Å². The smallest absolute Gasteiger partial charge is 0.328 e. The quantitative estimate of drug-likeness (QED) is 0.136. The number of aliphatic hydroxyl groups is 1. The number of aromatic amines is 1. The molecule has 0 aliphatic heterocycles. The van der Waals surface area contributed by atoms with Crippen LogP contribution >= 0.6 is 12.6 Å². The zero-order valence-corrected chi connectivity index (χ0v) is 19.3. The summed E-state index contributed by atoms with van der Waals surface area (Å²) in [5.74, 6) is -5.72. The first-order valence-corrected chi connectivity index (χ1v) is 11.1. The van der Waals surface area contributed by atoms with E-state index in [1.807, 2.05) is 17.4 Å². The SMILES string of the molecule is NC(CS)C(=O)NC(Cc1c[nH]c2ccccc12)C(=O)NC(CC(=O)O)C(=O)NC(CO)C(=O)O. The maximum Gasteiger partial charge on any atom is 0.328 e. The number of carboxylic acids is 2. The van der Waals surface area contributed by atoms with Crippen LogP contribution in [0.25, 0.3) is 10.9 Å². The molecule has 190 valence electrons. The molecule has 1 aromatic heterocycles. The van der Waals surface area contributed by atoms with E-state index in [9.17, 15) is 24.0 Å². The number of amides is 3. The first kappa shape index (κ1) is 27.6. The lowest BCUT2D eigenvalue weighted by atomic mass is 10.0. The van der Waals surface area contributed by atoms with Crippen LogP contribution in [0.2, 0.25) is 0 Å². The number of nitrogens with one attached hydrogen (secondary N) is 4. The molecular formula is C21H27N5O8S. The Kier molecular flexibility index (Phi) is 10.1. The van der Waals surface area contributed by atoms with Gasteiger partial charge >= 0.3 is 11.9 Å². The lowest BCUT2D eigenvalue weighted by Gasteiger charge is -2.24. The van der Waals surface area contributed by atoms with E-state index in [4.69, 9.17) is 21.1 Å². The zero-order chi connectivity index (χ0) is 26.1. The normalized spacial score (nSPS) is 14.4. The highest BCUT2D eigenvalue weighted by Crippen LogP contribution is 2.19. The van der Waals surface area contributed by atoms with Gasteiger partial charge in [-0.3, -0.25) is 19.2 Å². The van der Waals surface area contributed by atoms with Gasteiger partial charge in [-0.1, -0.05) is 18.2 Å². The highest BCUT2D eigenvalue weighted by molar-refractivity contribution is 7.80. The number of para-hydroxylation sites is 1. The number of carbonyl (C=O) groups excluding carboxylic acids is 3. The predicted octanol–water partition coefficient (Wildman–Crippen LogP) is -2.03. The number of hydrogen-bond donors (Lipinski definition) is 9. The third kappa shape index (κ3) is 7.70. The Morgan fingerprint density at radius 3 is 2.14 bits per heavy atom. The Labute approximate surface area is 204 Å². The summed E-state index contributed by atoms with van der Waals surface area (Å²) in [6.45, 7) is -0.949. The van der Waals surface area contributed by atoms with Gasteiger partial charge in [-0.2, -0.15) is 12.6 Å². The number of nitrogens with two attached hydrogens (primary N) is 1. The molecule has 13 nitrogen and oxygen atoms in total. The molecule has 0 fully saturated rings. The third-order valence-electron chi connectivity index (χ3n) is 5.07. The van der Waals surface area contributed by atoms with Gasteiger partial charge < -0.3 is 42.0 Å². The molecule has 0 saturated heterocycles. The maximum absolute atomic E-state index is 13.1. The van der Waals surface area contributed by atoms with E-state index in [1.165, 1.54) is 0 Å². The first-order valence-electron chi connectivity index (χ1n) is 10.4. The van der Waals surface area contributed by atoms with Crippen molar-refractivity contribution in [3.8, 4) is 0 Å². The molecular weight excluding hydrogens is 482 g/mol. The van der Waals surface area contributed by atoms with Crippen LogP contribution in [0, 0.1) is 0 Å². The van der Waals surface area contributed by atoms with Crippen LogP contribution in [0.4, 0.5) is 0 Å². The number of H-pyrrole nitrogens is 1. The van der Waals surface area contributed by atoms with E-state index in [0.29, 0.717) is 5.56 Å². The molecule has 2 aromatic rings. The van der Waals surface area contributed by atoms with Crippen molar-refractivity contribution in [2.75, 3.05) is 12.4 Å². The molecule has 35 heavy (non-hydrogen) atoms. The van der Waals surface area contributed by atoms with Crippen molar-refractivity contribution in [3.05, 3.63) is 36.0 Å². The molecule has 0 radical (unpaired) electrons. The van der Waals surface area contributed by atoms with Crippen LogP contribution in [0.3, 0.4) is 0 Å². The lowest BCUT2D eigenvalue weighted by Crippen LogP contribution is -2.58. The second-order valence-electron chi connectivity index (χ2n) is 7.65. The second kappa shape index (κ2) is 12.7. The molecule has 2 rings (SSSR count). The van der Waals surface area contributed by atoms with Crippen molar-refractivity contribution in [3.63, 3.8) is 0 Å². The van der Waals surface area contributed by atoms with E-state index < -0.39 is 66.9 Å². The molecule has 0 saturated carbocycles. The Bertz CT molecular complexity index is 1090. The van der Waals surface area contributed by atoms with Crippen LogP contribution in [-0.4, -0.2) is 86.5 Å². The van der Waals surface area contributed by atoms with Crippen molar-refractivity contribution in [2.45, 2.75) is 37.0 Å². The molecule has 0 spiro atoms. The van der Waals surface area contributed by atoms with Crippen molar-refractivity contribution < 1.29 is 39.3 Å². The average molecular weight is 510 g/mol. The Morgan fingerprint density at radius 2 is 1.54 bits per heavy atom. The topological polar surface area (TPSA) is 224 Å². The van der Waals surface area contributed by atoms with Gasteiger partial charge in [0.2, 0.25) is 17.7 Å². The van der Waals surface area contributed by atoms with Crippen LogP contribution in [-0.2, 0) is 30.4 Å². The fourth-order valence-corrected chi connectivity index (χ4v) is 3.37. The number of hydrogen-bond acceptors (Lipinski definition) is 8. The molecule has 0 aliphatic carbocycles. The number of fused-ring (bicyclic) bond motifs is 1. The average Bonchev–Trinajstić information content (AvgIpc) is 3.23. The summed E-state index contributed by atoms with van der Waals surface area (Å²) in [6.07, 6.45) is 0.742. The maximum atomic E-state index is 13.1. The molecule has 0 aliphatic rings. The van der Waals surface area contributed by atoms with Gasteiger partial charge in [-0.05, 0) is 11.6 Å². The number of aliphatic carboxylic acids is 2. The van der Waals surface area contributed by atoms with Crippen molar-refractivity contribution in [1.82, 2.24) is 20.9 Å². The van der Waals surface area contributed by atoms with Crippen LogP contribution in [0.5, 0.6) is 0 Å². The highest BCUT2D eigenvalue weighted by atomic mass is 32.1. The Balaban J connectivity index is 2.29. The van der Waals surface area contributed by atoms with E-state index in [-0.39, 0.29) is 12.2 Å². The van der Waals surface area contributed by atoms with E-state index in [1.54, 1.807) is 18.3 Å². The minimum Gasteiger partial charge on any atom is -0.481 e. The van der Waals surface area contributed by atoms with Gasteiger partial charge in [0.15, 0.2) is 0 Å². The van der Waals surface area contributed by atoms with Crippen molar-refractivity contribution in [2.24, 2.45) is 5.73 Å². The van der Waals surface area contributed by atoms with Crippen LogP contribution < -0.4 is 21.7 Å². The zero-order valence-electron chi connectivity index (χ0n) is 18.4. The molecule has 3 amide bonds. The number of benzene rings is 1. The Morgan fingerprint density at radius 1 is 0.943 bits per heavy atom. The number of rotatable bonds is 13. The van der Waals surface area contributed by atoms with Crippen LogP contribution in [0.15, 0.2) is 30.5 Å². The van der Waals surface area contributed by atoms with E-state index in [2.05, 4.69) is 28.2 Å². The van der Waals surface area contributed by atoms with Gasteiger partial charge in [0.25, 0.3) is 0 Å². The monoisotopic (exact) mass is 509 g/mol. The summed E-state index contributed by atoms with van der Waals surface area (Å²) in [4.78, 5) is 63.4. The number of thiol groups is 1. The fraction of sp³-hybridized carbons (Fsp3) is 0.381. The molecule has 0 bridgehead atoms. The van der Waals surface area contributed by atoms with E-state index >= 15 is 0 Å². The highest BCUT2D eigenvalue weighted by Gasteiger charge is 2.31. The summed E-state index contributed by atoms with van der Waals surface area (Å²) in [7, 11) is 0. The summed E-state index contributed by atoms with van der Waals surface area (Å²) >= 11 is 3.97. The third-order valence-corrected chi connectivity index (χ3v) is 5.47. The molecule has 1 heterocycles. The fourth-order valence-electron chi connectivity index (χ4n) is 3.21. The first-order chi connectivity index (χ1) is 16.6. The van der Waals surface area contributed by atoms with Crippen molar-refractivity contribution in [1.29, 1.82) is 0 Å². The largest absolute Gasteiger partial charge is 0.481 e. The summed E-state index contributed by atoms with van der Waals surface area (Å²) in [6, 6.07) is 1.54. The minimum absolute atomic E-state index is 0.00492. The molecule has 9 N–H and O–H groups in total. The summed E-state index contributed by atoms with van der Waals surface area (Å²) in [5.41, 5.74) is 7.14. The number of carboxylic acid groups (broad SMARTS) is 2. The standard InChI is InChI=1S/C21H27N5O8S/c22-12(9-35)18(30)24-14(5-10-7-23-13-4-2-1-3-11(10)13)19(31)25-15(6-17(28)29)20(32)26-16(8-27)21(33)34/h1-4,7,12,14-16,23,27,35H,5-6,8-9,22H2,(H,24,30)(H,25,31)(H,26,32)(H,28,29)(H,33,34). The number of carbonyl (C=O) groups is 5. The van der Waals surface area contributed by atoms with Gasteiger partial charge in [-0.15, -0.1) is 0 Å². The van der Waals surface area contributed by atoms with E-state index in [0.717, 1.165) is 10.9 Å². The molecule has 4 unspecified atom stereocenters.